The fraction of sp³-hybridized carbons (Fsp3) is 0.917. The summed E-state index contributed by atoms with van der Waals surface area (Å²) in [5.74, 6) is -0.610. The van der Waals surface area contributed by atoms with E-state index in [2.05, 4.69) is 5.32 Å². The molecule has 2 unspecified atom stereocenters. The van der Waals surface area contributed by atoms with Gasteiger partial charge in [-0.2, -0.15) is 0 Å². The summed E-state index contributed by atoms with van der Waals surface area (Å²) in [6.45, 7) is 1.62. The van der Waals surface area contributed by atoms with Crippen LogP contribution in [0.3, 0.4) is 0 Å². The van der Waals surface area contributed by atoms with Crippen molar-refractivity contribution in [3.8, 4) is 0 Å². The molecule has 0 aromatic rings. The lowest BCUT2D eigenvalue weighted by atomic mass is 9.94. The number of carboxylic acids is 1. The van der Waals surface area contributed by atoms with E-state index in [4.69, 9.17) is 9.47 Å². The number of methoxy groups -OCH3 is 1. The van der Waals surface area contributed by atoms with Crippen LogP contribution in [0.1, 0.15) is 25.7 Å². The monoisotopic (exact) mass is 243 g/mol. The SMILES string of the molecule is COCC(NCC1CCCO1)(C(=O)O)C1CC1. The molecule has 2 rings (SSSR count). The predicted octanol–water partition coefficient (Wildman–Crippen LogP) is 0.635. The second-order valence-electron chi connectivity index (χ2n) is 5.00. The van der Waals surface area contributed by atoms with E-state index in [1.165, 1.54) is 0 Å². The molecule has 0 aromatic carbocycles. The molecule has 2 aliphatic rings. The Hall–Kier alpha value is -0.650. The number of nitrogens with one attached hydrogen (secondary N) is 1. The minimum atomic E-state index is -0.916. The summed E-state index contributed by atoms with van der Waals surface area (Å²) in [6, 6.07) is 0. The molecule has 1 heterocycles. The molecule has 0 radical (unpaired) electrons. The number of carboxylic acid groups (broad SMARTS) is 1. The summed E-state index contributed by atoms with van der Waals surface area (Å²) in [6.07, 6.45) is 4.17. The molecule has 1 aliphatic carbocycles. The van der Waals surface area contributed by atoms with E-state index in [-0.39, 0.29) is 18.6 Å². The van der Waals surface area contributed by atoms with Gasteiger partial charge in [0.2, 0.25) is 0 Å². The van der Waals surface area contributed by atoms with Gasteiger partial charge in [-0.25, -0.2) is 0 Å². The molecule has 1 aliphatic heterocycles. The van der Waals surface area contributed by atoms with Crippen molar-refractivity contribution in [3.63, 3.8) is 0 Å². The molecule has 98 valence electrons. The molecule has 1 saturated carbocycles. The first-order valence-electron chi connectivity index (χ1n) is 6.28. The van der Waals surface area contributed by atoms with E-state index < -0.39 is 11.5 Å². The quantitative estimate of drug-likeness (QED) is 0.686. The number of aliphatic carboxylic acids is 1. The van der Waals surface area contributed by atoms with Crippen molar-refractivity contribution in [1.29, 1.82) is 0 Å². The minimum Gasteiger partial charge on any atom is -0.480 e. The number of hydrogen-bond donors (Lipinski definition) is 2. The molecule has 2 N–H and O–H groups in total. The first-order valence-corrected chi connectivity index (χ1v) is 6.28. The van der Waals surface area contributed by atoms with E-state index in [1.54, 1.807) is 7.11 Å². The lowest BCUT2D eigenvalue weighted by Gasteiger charge is -2.31. The molecule has 17 heavy (non-hydrogen) atoms. The summed E-state index contributed by atoms with van der Waals surface area (Å²) < 4.78 is 10.6. The highest BCUT2D eigenvalue weighted by atomic mass is 16.5. The second-order valence-corrected chi connectivity index (χ2v) is 5.00. The summed E-state index contributed by atoms with van der Waals surface area (Å²) >= 11 is 0. The Balaban J connectivity index is 1.95. The number of carbonyl (C=O) groups is 1. The van der Waals surface area contributed by atoms with Gasteiger partial charge >= 0.3 is 5.97 Å². The van der Waals surface area contributed by atoms with Gasteiger partial charge in [-0.15, -0.1) is 0 Å². The summed E-state index contributed by atoms with van der Waals surface area (Å²) in [4.78, 5) is 11.5. The highest BCUT2D eigenvalue weighted by Crippen LogP contribution is 2.40. The molecule has 0 aromatic heterocycles. The fourth-order valence-electron chi connectivity index (χ4n) is 2.53. The lowest BCUT2D eigenvalue weighted by Crippen LogP contribution is -2.59. The number of hydrogen-bond acceptors (Lipinski definition) is 4. The van der Waals surface area contributed by atoms with Crippen molar-refractivity contribution in [1.82, 2.24) is 5.32 Å². The van der Waals surface area contributed by atoms with Crippen molar-refractivity contribution < 1.29 is 19.4 Å². The van der Waals surface area contributed by atoms with Gasteiger partial charge in [0.25, 0.3) is 0 Å². The van der Waals surface area contributed by atoms with Crippen LogP contribution in [0.25, 0.3) is 0 Å². The van der Waals surface area contributed by atoms with Crippen LogP contribution >= 0.6 is 0 Å². The van der Waals surface area contributed by atoms with E-state index in [1.807, 2.05) is 0 Å². The number of ether oxygens (including phenoxy) is 2. The molecule has 0 amide bonds. The van der Waals surface area contributed by atoms with Gasteiger partial charge in [0.1, 0.15) is 5.54 Å². The first kappa shape index (κ1) is 12.8. The van der Waals surface area contributed by atoms with Crippen LogP contribution in [0, 0.1) is 5.92 Å². The fourth-order valence-corrected chi connectivity index (χ4v) is 2.53. The van der Waals surface area contributed by atoms with Gasteiger partial charge in [0.05, 0.1) is 12.7 Å². The van der Waals surface area contributed by atoms with Crippen LogP contribution < -0.4 is 5.32 Å². The second kappa shape index (κ2) is 5.33. The van der Waals surface area contributed by atoms with Crippen LogP contribution in [0.4, 0.5) is 0 Å². The zero-order chi connectivity index (χ0) is 12.3. The summed E-state index contributed by atoms with van der Waals surface area (Å²) in [5.41, 5.74) is -0.916. The highest BCUT2D eigenvalue weighted by molar-refractivity contribution is 5.80. The van der Waals surface area contributed by atoms with Gasteiger partial charge in [0.15, 0.2) is 0 Å². The van der Waals surface area contributed by atoms with Crippen LogP contribution in [0.15, 0.2) is 0 Å². The molecule has 5 heteroatoms. The highest BCUT2D eigenvalue weighted by Gasteiger charge is 2.51. The van der Waals surface area contributed by atoms with Crippen molar-refractivity contribution in [3.05, 3.63) is 0 Å². The third-order valence-electron chi connectivity index (χ3n) is 3.70. The molecule has 0 spiro atoms. The van der Waals surface area contributed by atoms with E-state index >= 15 is 0 Å². The molecule has 1 saturated heterocycles. The van der Waals surface area contributed by atoms with E-state index in [0.29, 0.717) is 6.54 Å². The van der Waals surface area contributed by atoms with Gasteiger partial charge in [-0.3, -0.25) is 10.1 Å². The van der Waals surface area contributed by atoms with Crippen molar-refractivity contribution in [2.45, 2.75) is 37.3 Å². The maximum absolute atomic E-state index is 11.5. The van der Waals surface area contributed by atoms with Crippen molar-refractivity contribution in [2.24, 2.45) is 5.92 Å². The molecule has 2 atom stereocenters. The zero-order valence-electron chi connectivity index (χ0n) is 10.3. The van der Waals surface area contributed by atoms with Gasteiger partial charge in [-0.05, 0) is 31.6 Å². The van der Waals surface area contributed by atoms with Crippen LogP contribution in [0.2, 0.25) is 0 Å². The Morgan fingerprint density at radius 1 is 1.53 bits per heavy atom. The zero-order valence-corrected chi connectivity index (χ0v) is 10.3. The van der Waals surface area contributed by atoms with Crippen molar-refractivity contribution >= 4 is 5.97 Å². The first-order chi connectivity index (χ1) is 8.19. The normalized spacial score (nSPS) is 27.9. The Labute approximate surface area is 101 Å². The van der Waals surface area contributed by atoms with Gasteiger partial charge in [0, 0.05) is 20.3 Å². The molecular weight excluding hydrogens is 222 g/mol. The summed E-state index contributed by atoms with van der Waals surface area (Å²) in [7, 11) is 1.55. The molecule has 5 nitrogen and oxygen atoms in total. The van der Waals surface area contributed by atoms with Gasteiger partial charge in [-0.1, -0.05) is 0 Å². The Bertz CT molecular complexity index is 274. The standard InChI is InChI=1S/C12H21NO4/c1-16-8-12(11(14)15,9-4-5-9)13-7-10-3-2-6-17-10/h9-10,13H,2-8H2,1H3,(H,14,15). The average Bonchev–Trinajstić information content (AvgIpc) is 3.02. The van der Waals surface area contributed by atoms with Crippen LogP contribution in [-0.2, 0) is 14.3 Å². The molecular formula is C12H21NO4. The molecule has 2 fully saturated rings. The minimum absolute atomic E-state index is 0.157. The third-order valence-corrected chi connectivity index (χ3v) is 3.70. The lowest BCUT2D eigenvalue weighted by molar-refractivity contribution is -0.149. The topological polar surface area (TPSA) is 67.8 Å². The maximum Gasteiger partial charge on any atom is 0.326 e. The van der Waals surface area contributed by atoms with Gasteiger partial charge < -0.3 is 14.6 Å². The summed E-state index contributed by atoms with van der Waals surface area (Å²) in [5, 5.41) is 12.6. The Kier molecular flexibility index (Phi) is 4.01. The van der Waals surface area contributed by atoms with Crippen LogP contribution in [0.5, 0.6) is 0 Å². The van der Waals surface area contributed by atoms with E-state index in [0.717, 1.165) is 32.3 Å². The third kappa shape index (κ3) is 2.78. The Morgan fingerprint density at radius 2 is 2.29 bits per heavy atom. The molecule has 0 bridgehead atoms. The average molecular weight is 243 g/mol. The van der Waals surface area contributed by atoms with Crippen LogP contribution in [-0.4, -0.2) is 49.6 Å². The maximum atomic E-state index is 11.5. The predicted molar refractivity (Wildman–Crippen MR) is 61.9 cm³/mol. The van der Waals surface area contributed by atoms with Crippen molar-refractivity contribution in [2.75, 3.05) is 26.9 Å². The number of rotatable bonds is 7. The van der Waals surface area contributed by atoms with E-state index in [9.17, 15) is 9.90 Å². The largest absolute Gasteiger partial charge is 0.480 e. The smallest absolute Gasteiger partial charge is 0.326 e. The Morgan fingerprint density at radius 3 is 2.76 bits per heavy atom.